The van der Waals surface area contributed by atoms with Crippen molar-refractivity contribution >= 4 is 11.6 Å². The smallest absolute Gasteiger partial charge is 0.251 e. The first kappa shape index (κ1) is 28.7. The second-order valence-electron chi connectivity index (χ2n) is 11.1. The number of piperazine rings is 1. The molecule has 0 atom stereocenters. The topological polar surface area (TPSA) is 71.8 Å². The molecule has 0 spiro atoms. The quantitative estimate of drug-likeness (QED) is 0.406. The molecule has 41 heavy (non-hydrogen) atoms. The van der Waals surface area contributed by atoms with Gasteiger partial charge in [-0.1, -0.05) is 30.3 Å². The summed E-state index contributed by atoms with van der Waals surface area (Å²) in [6.07, 6.45) is 1.97. The number of nitrogens with zero attached hydrogens (tertiary/aromatic N) is 4. The number of rotatable bonds is 9. The zero-order valence-electron chi connectivity index (χ0n) is 24.3. The van der Waals surface area contributed by atoms with Crippen LogP contribution in [0.3, 0.4) is 0 Å². The van der Waals surface area contributed by atoms with Crippen molar-refractivity contribution in [1.29, 1.82) is 5.26 Å². The molecule has 3 aromatic carbocycles. The number of amides is 1. The first-order chi connectivity index (χ1) is 20.0. The molecule has 2 fully saturated rings. The Bertz CT molecular complexity index is 1330. The van der Waals surface area contributed by atoms with Crippen LogP contribution in [0.4, 0.5) is 5.69 Å². The van der Waals surface area contributed by atoms with Crippen LogP contribution < -0.4 is 15.0 Å². The summed E-state index contributed by atoms with van der Waals surface area (Å²) in [5.41, 5.74) is 5.84. The number of ether oxygens (including phenoxy) is 1. The summed E-state index contributed by atoms with van der Waals surface area (Å²) < 4.78 is 5.91. The molecule has 5 rings (SSSR count). The molecule has 2 aliphatic rings. The molecular formula is C34H41N5O2. The van der Waals surface area contributed by atoms with Gasteiger partial charge in [-0.3, -0.25) is 9.69 Å². The minimum absolute atomic E-state index is 0.00577. The molecule has 2 saturated heterocycles. The first-order valence-electron chi connectivity index (χ1n) is 14.9. The Balaban J connectivity index is 1.02. The van der Waals surface area contributed by atoms with Gasteiger partial charge in [-0.05, 0) is 79.8 Å². The van der Waals surface area contributed by atoms with E-state index in [9.17, 15) is 4.79 Å². The van der Waals surface area contributed by atoms with Crippen LogP contribution >= 0.6 is 0 Å². The van der Waals surface area contributed by atoms with Gasteiger partial charge in [0.05, 0.1) is 23.9 Å². The van der Waals surface area contributed by atoms with Crippen LogP contribution in [-0.2, 0) is 0 Å². The van der Waals surface area contributed by atoms with E-state index in [1.54, 1.807) is 0 Å². The number of anilines is 1. The number of nitriles is 1. The Morgan fingerprint density at radius 3 is 2.10 bits per heavy atom. The van der Waals surface area contributed by atoms with Crippen molar-refractivity contribution in [2.24, 2.45) is 0 Å². The minimum Gasteiger partial charge on any atom is -0.492 e. The Kier molecular flexibility index (Phi) is 9.55. The third-order valence-corrected chi connectivity index (χ3v) is 8.28. The van der Waals surface area contributed by atoms with Gasteiger partial charge in [0.1, 0.15) is 5.75 Å². The lowest BCUT2D eigenvalue weighted by molar-refractivity contribution is 0.0906. The van der Waals surface area contributed by atoms with Gasteiger partial charge < -0.3 is 19.9 Å². The summed E-state index contributed by atoms with van der Waals surface area (Å²) in [4.78, 5) is 20.4. The molecule has 0 unspecified atom stereocenters. The van der Waals surface area contributed by atoms with Gasteiger partial charge in [0.2, 0.25) is 0 Å². The molecule has 2 heterocycles. The highest BCUT2D eigenvalue weighted by Crippen LogP contribution is 2.30. The molecule has 1 N–H and O–H groups in total. The van der Waals surface area contributed by atoms with E-state index in [4.69, 9.17) is 10.00 Å². The Morgan fingerprint density at radius 2 is 1.49 bits per heavy atom. The van der Waals surface area contributed by atoms with Crippen LogP contribution in [0.2, 0.25) is 0 Å². The Labute approximate surface area is 244 Å². The van der Waals surface area contributed by atoms with Crippen molar-refractivity contribution in [3.63, 3.8) is 0 Å². The molecule has 3 aromatic rings. The van der Waals surface area contributed by atoms with Gasteiger partial charge in [-0.25, -0.2) is 0 Å². The zero-order chi connectivity index (χ0) is 28.6. The summed E-state index contributed by atoms with van der Waals surface area (Å²) in [6, 6.07) is 24.1. The molecule has 1 amide bonds. The summed E-state index contributed by atoms with van der Waals surface area (Å²) in [5.74, 6) is 0.991. The number of carbonyl (C=O) groups is 1. The molecule has 0 aromatic heterocycles. The van der Waals surface area contributed by atoms with E-state index in [0.29, 0.717) is 17.7 Å². The van der Waals surface area contributed by atoms with Gasteiger partial charge in [0, 0.05) is 64.0 Å². The highest BCUT2D eigenvalue weighted by Gasteiger charge is 2.23. The lowest BCUT2D eigenvalue weighted by atomic mass is 10.0. The maximum atomic E-state index is 12.9. The fourth-order valence-corrected chi connectivity index (χ4v) is 5.77. The van der Waals surface area contributed by atoms with Crippen molar-refractivity contribution in [3.8, 4) is 22.9 Å². The first-order valence-corrected chi connectivity index (χ1v) is 14.9. The number of aryl methyl sites for hydroxylation is 1. The van der Waals surface area contributed by atoms with E-state index in [1.165, 1.54) is 11.3 Å². The molecule has 214 valence electrons. The fourth-order valence-electron chi connectivity index (χ4n) is 5.77. The van der Waals surface area contributed by atoms with Crippen LogP contribution in [0.25, 0.3) is 11.1 Å². The number of carbonyl (C=O) groups excluding carboxylic acids is 1. The number of hydrogen-bond acceptors (Lipinski definition) is 6. The van der Waals surface area contributed by atoms with E-state index in [2.05, 4.69) is 51.2 Å². The number of hydrogen-bond donors (Lipinski definition) is 1. The maximum absolute atomic E-state index is 12.9. The van der Waals surface area contributed by atoms with Crippen LogP contribution in [0.15, 0.2) is 66.7 Å². The van der Waals surface area contributed by atoms with Crippen molar-refractivity contribution in [2.75, 3.05) is 63.9 Å². The lowest BCUT2D eigenvalue weighted by Gasteiger charge is -2.38. The van der Waals surface area contributed by atoms with Gasteiger partial charge in [0.25, 0.3) is 5.91 Å². The Hall–Kier alpha value is -3.86. The van der Waals surface area contributed by atoms with Gasteiger partial charge >= 0.3 is 0 Å². The zero-order valence-corrected chi connectivity index (χ0v) is 24.3. The van der Waals surface area contributed by atoms with E-state index >= 15 is 0 Å². The van der Waals surface area contributed by atoms with Crippen LogP contribution in [0.5, 0.6) is 5.75 Å². The van der Waals surface area contributed by atoms with Crippen LogP contribution in [0, 0.1) is 18.3 Å². The molecule has 0 saturated carbocycles. The van der Waals surface area contributed by atoms with Crippen LogP contribution in [0.1, 0.15) is 41.3 Å². The van der Waals surface area contributed by atoms with Crippen molar-refractivity contribution in [2.45, 2.75) is 32.7 Å². The predicted molar refractivity (Wildman–Crippen MR) is 165 cm³/mol. The number of benzene rings is 3. The fraction of sp³-hybridized carbons (Fsp3) is 0.412. The van der Waals surface area contributed by atoms with Crippen LogP contribution in [-0.4, -0.2) is 80.7 Å². The second-order valence-corrected chi connectivity index (χ2v) is 11.1. The maximum Gasteiger partial charge on any atom is 0.251 e. The summed E-state index contributed by atoms with van der Waals surface area (Å²) in [7, 11) is 0. The summed E-state index contributed by atoms with van der Waals surface area (Å²) in [6.45, 7) is 13.2. The third-order valence-electron chi connectivity index (χ3n) is 8.28. The monoisotopic (exact) mass is 551 g/mol. The minimum atomic E-state index is -0.00577. The largest absolute Gasteiger partial charge is 0.492 e. The summed E-state index contributed by atoms with van der Waals surface area (Å²) in [5, 5.41) is 12.2. The third kappa shape index (κ3) is 7.46. The molecule has 2 aliphatic heterocycles. The van der Waals surface area contributed by atoms with Gasteiger partial charge in [-0.2, -0.15) is 5.26 Å². The van der Waals surface area contributed by atoms with E-state index in [1.807, 2.05) is 55.5 Å². The summed E-state index contributed by atoms with van der Waals surface area (Å²) >= 11 is 0. The van der Waals surface area contributed by atoms with Gasteiger partial charge in [-0.15, -0.1) is 0 Å². The van der Waals surface area contributed by atoms with E-state index in [-0.39, 0.29) is 11.9 Å². The lowest BCUT2D eigenvalue weighted by Crippen LogP contribution is -2.50. The van der Waals surface area contributed by atoms with Crippen molar-refractivity contribution in [1.82, 2.24) is 15.1 Å². The van der Waals surface area contributed by atoms with E-state index < -0.39 is 0 Å². The average Bonchev–Trinajstić information content (AvgIpc) is 3.01. The number of nitrogens with one attached hydrogen (secondary N) is 1. The second kappa shape index (κ2) is 13.7. The van der Waals surface area contributed by atoms with E-state index in [0.717, 1.165) is 82.1 Å². The molecular weight excluding hydrogens is 510 g/mol. The molecule has 7 nitrogen and oxygen atoms in total. The highest BCUT2D eigenvalue weighted by molar-refractivity contribution is 5.94. The predicted octanol–water partition coefficient (Wildman–Crippen LogP) is 4.95. The normalized spacial score (nSPS) is 16.8. The number of piperidine rings is 1. The SMILES string of the molecule is CCOc1cc(C)ccc1N1CCN(CCN2CCC(NC(=O)c3ccc(-c4ccc(C#N)cc4)cc3)CC2)CC1. The molecule has 0 bridgehead atoms. The molecule has 0 aliphatic carbocycles. The standard InChI is InChI=1S/C34H41N5O2/c1-3-41-33-24-26(2)4-13-32(33)39-22-20-38(21-23-39)19-18-37-16-14-31(15-17-37)36-34(40)30-11-9-29(10-12-30)28-7-5-27(25-35)6-8-28/h4-13,24,31H,3,14-23H2,1-2H3,(H,36,40). The van der Waals surface area contributed by atoms with Crippen molar-refractivity contribution < 1.29 is 9.53 Å². The molecule has 0 radical (unpaired) electrons. The highest BCUT2D eigenvalue weighted by atomic mass is 16.5. The number of likely N-dealkylation sites (tertiary alicyclic amines) is 1. The van der Waals surface area contributed by atoms with Gasteiger partial charge in [0.15, 0.2) is 0 Å². The molecule has 7 heteroatoms. The Morgan fingerprint density at radius 1 is 0.878 bits per heavy atom. The average molecular weight is 552 g/mol. The van der Waals surface area contributed by atoms with Crippen molar-refractivity contribution in [3.05, 3.63) is 83.4 Å².